The Bertz CT molecular complexity index is 2460. The van der Waals surface area contributed by atoms with Crippen molar-refractivity contribution in [1.29, 1.82) is 0 Å². The smallest absolute Gasteiger partial charge is 0.135 e. The number of nitrogens with zero attached hydrogens (tertiary/aromatic N) is 1. The Labute approximate surface area is 295 Å². The number of furan rings is 1. The average molecular weight is 652 g/mol. The monoisotopic (exact) mass is 651 g/mol. The summed E-state index contributed by atoms with van der Waals surface area (Å²) in [5, 5.41) is 2.38. The highest BCUT2D eigenvalue weighted by Crippen LogP contribution is 2.90. The zero-order valence-electron chi connectivity index (χ0n) is 29.7. The largest absolute Gasteiger partial charge is 0.456 e. The van der Waals surface area contributed by atoms with Crippen LogP contribution in [0, 0.1) is 29.1 Å². The summed E-state index contributed by atoms with van der Waals surface area (Å²) in [5.41, 5.74) is 16.0. The van der Waals surface area contributed by atoms with Crippen LogP contribution in [0.25, 0.3) is 33.1 Å². The van der Waals surface area contributed by atoms with E-state index in [1.807, 2.05) is 0 Å². The summed E-state index contributed by atoms with van der Waals surface area (Å²) in [7, 11) is 0. The van der Waals surface area contributed by atoms with Gasteiger partial charge in [0.2, 0.25) is 0 Å². The second kappa shape index (κ2) is 8.94. The fourth-order valence-corrected chi connectivity index (χ4v) is 13.7. The van der Waals surface area contributed by atoms with Crippen LogP contribution in [-0.4, -0.2) is 0 Å². The molecule has 248 valence electrons. The van der Waals surface area contributed by atoms with Crippen LogP contribution in [0.15, 0.2) is 108 Å². The summed E-state index contributed by atoms with van der Waals surface area (Å²) in [5.74, 6) is 3.39. The van der Waals surface area contributed by atoms with Crippen molar-refractivity contribution in [2.75, 3.05) is 4.90 Å². The van der Waals surface area contributed by atoms with Gasteiger partial charge in [-0.1, -0.05) is 94.4 Å². The maximum atomic E-state index is 6.40. The van der Waals surface area contributed by atoms with Gasteiger partial charge in [-0.25, -0.2) is 0 Å². The van der Waals surface area contributed by atoms with Gasteiger partial charge >= 0.3 is 0 Å². The first-order valence-electron chi connectivity index (χ1n) is 19.3. The Hall–Kier alpha value is -4.30. The van der Waals surface area contributed by atoms with Crippen LogP contribution in [0.2, 0.25) is 0 Å². The van der Waals surface area contributed by atoms with Crippen LogP contribution in [0.3, 0.4) is 0 Å². The third-order valence-electron chi connectivity index (χ3n) is 15.5. The van der Waals surface area contributed by atoms with E-state index in [2.05, 4.69) is 136 Å². The fourth-order valence-electron chi connectivity index (χ4n) is 13.7. The highest BCUT2D eigenvalue weighted by molar-refractivity contribution is 6.07. The minimum atomic E-state index is 0.0526. The minimum absolute atomic E-state index is 0.0526. The van der Waals surface area contributed by atoms with E-state index < -0.39 is 0 Å². The summed E-state index contributed by atoms with van der Waals surface area (Å²) in [6.45, 7) is 9.89. The molecule has 6 unspecified atom stereocenters. The molecule has 0 N–H and O–H groups in total. The van der Waals surface area contributed by atoms with Crippen molar-refractivity contribution in [3.8, 4) is 11.1 Å². The lowest BCUT2D eigenvalue weighted by atomic mass is 9.26. The van der Waals surface area contributed by atoms with Gasteiger partial charge in [0, 0.05) is 21.9 Å². The van der Waals surface area contributed by atoms with Crippen LogP contribution in [0.5, 0.6) is 0 Å². The number of para-hydroxylation sites is 1. The molecule has 12 rings (SSSR count). The first kappa shape index (κ1) is 28.4. The highest BCUT2D eigenvalue weighted by Gasteiger charge is 2.84. The molecule has 2 nitrogen and oxygen atoms in total. The van der Waals surface area contributed by atoms with Crippen LogP contribution >= 0.6 is 0 Å². The maximum absolute atomic E-state index is 6.40. The van der Waals surface area contributed by atoms with Crippen molar-refractivity contribution < 1.29 is 4.42 Å². The molecule has 5 aromatic carbocycles. The molecule has 2 heteroatoms. The van der Waals surface area contributed by atoms with Crippen molar-refractivity contribution in [2.45, 2.75) is 82.5 Å². The molecule has 6 aliphatic rings. The van der Waals surface area contributed by atoms with E-state index in [1.54, 1.807) is 11.1 Å². The molecule has 0 aliphatic heterocycles. The quantitative estimate of drug-likeness (QED) is 0.189. The van der Waals surface area contributed by atoms with Crippen molar-refractivity contribution in [3.05, 3.63) is 125 Å². The van der Waals surface area contributed by atoms with Gasteiger partial charge in [-0.2, -0.15) is 0 Å². The molecule has 4 saturated carbocycles. The number of benzene rings is 5. The molecule has 1 heterocycles. The molecular formula is C48H45NO. The molecule has 6 aromatic rings. The Morgan fingerprint density at radius 1 is 0.600 bits per heavy atom. The van der Waals surface area contributed by atoms with Gasteiger partial charge in [-0.15, -0.1) is 0 Å². The molecule has 0 amide bonds. The van der Waals surface area contributed by atoms with Gasteiger partial charge in [-0.3, -0.25) is 0 Å². The molecule has 2 spiro atoms. The normalized spacial score (nSPS) is 31.2. The number of fused-ring (bicyclic) bond motifs is 12. The van der Waals surface area contributed by atoms with Gasteiger partial charge in [0.05, 0.1) is 11.4 Å². The minimum Gasteiger partial charge on any atom is -0.456 e. The second-order valence-corrected chi connectivity index (χ2v) is 18.4. The molecule has 2 bridgehead atoms. The van der Waals surface area contributed by atoms with E-state index in [0.29, 0.717) is 5.41 Å². The third kappa shape index (κ3) is 3.09. The number of rotatable bonds is 3. The van der Waals surface area contributed by atoms with E-state index >= 15 is 0 Å². The summed E-state index contributed by atoms with van der Waals surface area (Å²) in [4.78, 5) is 2.71. The lowest BCUT2D eigenvalue weighted by molar-refractivity contribution is -0.231. The summed E-state index contributed by atoms with van der Waals surface area (Å²) < 4.78 is 6.40. The van der Waals surface area contributed by atoms with E-state index in [0.717, 1.165) is 34.8 Å². The zero-order chi connectivity index (χ0) is 33.4. The highest BCUT2D eigenvalue weighted by atomic mass is 16.3. The molecule has 0 radical (unpaired) electrons. The standard InChI is InChI=1S/C48H45NO/c1-45(2)21-22-46(3,4)44-36(45)15-10-17-38(44)49(30-19-20-40-34(26-30)32-12-6-8-18-39(32)50-40)37-16-9-13-33-31-11-5-7-14-35(31)48(43(33)37)41-24-28-23-29-25-42(48)47(29,41)27-28/h5-20,26,28-29,41-42H,21-25,27H2,1-4H3. The van der Waals surface area contributed by atoms with Gasteiger partial charge < -0.3 is 9.32 Å². The SMILES string of the molecule is CC1(C)CCC(C)(C)c2c(N(c3ccc4oc5ccccc5c4c3)c3cccc4c3C3(c5ccccc5-4)C4CC5CC6CC3C64C5)cccc21. The molecular weight excluding hydrogens is 607 g/mol. The van der Waals surface area contributed by atoms with E-state index in [9.17, 15) is 0 Å². The van der Waals surface area contributed by atoms with Gasteiger partial charge in [0.1, 0.15) is 11.2 Å². The molecule has 1 aromatic heterocycles. The molecule has 0 saturated heterocycles. The molecule has 6 atom stereocenters. The first-order valence-corrected chi connectivity index (χ1v) is 19.3. The second-order valence-electron chi connectivity index (χ2n) is 18.4. The Balaban J connectivity index is 1.18. The van der Waals surface area contributed by atoms with Crippen LogP contribution in [0.1, 0.15) is 88.5 Å². The van der Waals surface area contributed by atoms with Crippen molar-refractivity contribution in [2.24, 2.45) is 29.1 Å². The molecule has 4 fully saturated rings. The summed E-state index contributed by atoms with van der Waals surface area (Å²) in [6.07, 6.45) is 8.17. The predicted octanol–water partition coefficient (Wildman–Crippen LogP) is 12.7. The number of anilines is 3. The maximum Gasteiger partial charge on any atom is 0.135 e. The summed E-state index contributed by atoms with van der Waals surface area (Å²) >= 11 is 0. The van der Waals surface area contributed by atoms with E-state index in [4.69, 9.17) is 4.42 Å². The topological polar surface area (TPSA) is 16.4 Å². The van der Waals surface area contributed by atoms with Gasteiger partial charge in [0.25, 0.3) is 0 Å². The lowest BCUT2D eigenvalue weighted by Crippen LogP contribution is -2.73. The Kier molecular flexibility index (Phi) is 5.08. The predicted molar refractivity (Wildman–Crippen MR) is 205 cm³/mol. The zero-order valence-corrected chi connectivity index (χ0v) is 29.7. The van der Waals surface area contributed by atoms with Crippen LogP contribution in [-0.2, 0) is 16.2 Å². The van der Waals surface area contributed by atoms with Crippen molar-refractivity contribution >= 4 is 39.0 Å². The van der Waals surface area contributed by atoms with E-state index in [-0.39, 0.29) is 16.2 Å². The van der Waals surface area contributed by atoms with Crippen LogP contribution < -0.4 is 4.90 Å². The number of hydrogen-bond donors (Lipinski definition) is 0. The summed E-state index contributed by atoms with van der Waals surface area (Å²) in [6, 6.07) is 39.6. The van der Waals surface area contributed by atoms with Crippen molar-refractivity contribution in [3.63, 3.8) is 0 Å². The van der Waals surface area contributed by atoms with Gasteiger partial charge in [-0.05, 0) is 148 Å². The molecule has 50 heavy (non-hydrogen) atoms. The fraction of sp³-hybridized carbons (Fsp3) is 0.375. The Morgan fingerprint density at radius 3 is 2.18 bits per heavy atom. The van der Waals surface area contributed by atoms with Crippen LogP contribution in [0.4, 0.5) is 17.1 Å². The lowest BCUT2D eigenvalue weighted by Gasteiger charge is -2.76. The number of hydrogen-bond acceptors (Lipinski definition) is 2. The van der Waals surface area contributed by atoms with Crippen molar-refractivity contribution in [1.82, 2.24) is 0 Å². The Morgan fingerprint density at radius 2 is 1.30 bits per heavy atom. The van der Waals surface area contributed by atoms with Gasteiger partial charge in [0.15, 0.2) is 0 Å². The van der Waals surface area contributed by atoms with E-state index in [1.165, 1.54) is 88.6 Å². The first-order chi connectivity index (χ1) is 24.2. The average Bonchev–Trinajstić information content (AvgIpc) is 3.85. The third-order valence-corrected chi connectivity index (χ3v) is 15.5. The molecule has 6 aliphatic carbocycles.